The van der Waals surface area contributed by atoms with Crippen molar-refractivity contribution in [3.63, 3.8) is 0 Å². The third-order valence-electron chi connectivity index (χ3n) is 4.11. The molecule has 26 heavy (non-hydrogen) atoms. The van der Waals surface area contributed by atoms with Gasteiger partial charge in [-0.05, 0) is 19.1 Å². The van der Waals surface area contributed by atoms with E-state index in [-0.39, 0.29) is 0 Å². The minimum atomic E-state index is -0.492. The molecule has 1 aliphatic heterocycles. The van der Waals surface area contributed by atoms with Crippen LogP contribution >= 0.6 is 11.3 Å². The second-order valence-electron chi connectivity index (χ2n) is 6.05. The topological polar surface area (TPSA) is 86.7 Å². The molecule has 8 heteroatoms. The lowest BCUT2D eigenvalue weighted by Crippen LogP contribution is -2.42. The molecular formula is C18H23N5O2S. The Labute approximate surface area is 157 Å². The molecule has 138 valence electrons. The number of nitrogens with one attached hydrogen (secondary N) is 1. The molecule has 0 spiro atoms. The molecule has 0 saturated carbocycles. The van der Waals surface area contributed by atoms with Crippen LogP contribution in [0.4, 0.5) is 0 Å². The molecule has 3 heterocycles. The van der Waals surface area contributed by atoms with Gasteiger partial charge in [-0.25, -0.2) is 4.98 Å². The van der Waals surface area contributed by atoms with Crippen molar-refractivity contribution in [3.05, 3.63) is 40.2 Å². The molecule has 0 radical (unpaired) electrons. The summed E-state index contributed by atoms with van der Waals surface area (Å²) in [5.41, 5.74) is 0.920. The average Bonchev–Trinajstić information content (AvgIpc) is 3.32. The van der Waals surface area contributed by atoms with Crippen molar-refractivity contribution in [3.8, 4) is 6.07 Å². The number of aromatic nitrogens is 1. The summed E-state index contributed by atoms with van der Waals surface area (Å²) in [6.07, 6.45) is 1.63. The largest absolute Gasteiger partial charge is 0.467 e. The van der Waals surface area contributed by atoms with E-state index < -0.39 is 5.92 Å². The van der Waals surface area contributed by atoms with Crippen molar-refractivity contribution in [1.82, 2.24) is 15.2 Å². The number of hydrogen-bond donors (Lipinski definition) is 1. The molecule has 1 atom stereocenters. The highest BCUT2D eigenvalue weighted by atomic mass is 32.1. The predicted molar refractivity (Wildman–Crippen MR) is 100 cm³/mol. The van der Waals surface area contributed by atoms with Gasteiger partial charge >= 0.3 is 0 Å². The van der Waals surface area contributed by atoms with Gasteiger partial charge in [0, 0.05) is 37.3 Å². The number of amidine groups is 1. The molecule has 2 aromatic heterocycles. The second-order valence-corrected chi connectivity index (χ2v) is 6.94. The quantitative estimate of drug-likeness (QED) is 0.591. The predicted octanol–water partition coefficient (Wildman–Crippen LogP) is 2.17. The number of nitrogens with zero attached hydrogens (tertiary/aromatic N) is 4. The van der Waals surface area contributed by atoms with Gasteiger partial charge < -0.3 is 14.5 Å². The molecule has 0 bridgehead atoms. The number of hydrogen-bond acceptors (Lipinski definition) is 7. The van der Waals surface area contributed by atoms with Crippen LogP contribution in [0.25, 0.3) is 0 Å². The van der Waals surface area contributed by atoms with Crippen molar-refractivity contribution in [2.24, 2.45) is 4.99 Å². The van der Waals surface area contributed by atoms with Gasteiger partial charge in [0.1, 0.15) is 16.6 Å². The molecule has 0 amide bonds. The minimum absolute atomic E-state index is 0.398. The van der Waals surface area contributed by atoms with Crippen molar-refractivity contribution in [2.75, 3.05) is 39.4 Å². The molecule has 2 aromatic rings. The van der Waals surface area contributed by atoms with Gasteiger partial charge in [0.25, 0.3) is 0 Å². The van der Waals surface area contributed by atoms with Gasteiger partial charge in [-0.3, -0.25) is 9.89 Å². The first-order valence-corrected chi connectivity index (χ1v) is 9.56. The van der Waals surface area contributed by atoms with E-state index in [0.29, 0.717) is 12.4 Å². The number of aryl methyl sites for hydroxylation is 1. The second kappa shape index (κ2) is 9.48. The third-order valence-corrected chi connectivity index (χ3v) is 5.14. The third kappa shape index (κ3) is 5.14. The Morgan fingerprint density at radius 2 is 2.35 bits per heavy atom. The lowest BCUT2D eigenvalue weighted by atomic mass is 10.1. The maximum absolute atomic E-state index is 9.71. The molecular weight excluding hydrogens is 350 g/mol. The maximum atomic E-state index is 9.71. The minimum Gasteiger partial charge on any atom is -0.467 e. The first-order chi connectivity index (χ1) is 12.8. The Hall–Kier alpha value is -2.21. The van der Waals surface area contributed by atoms with Crippen LogP contribution in [0.3, 0.4) is 0 Å². The Bertz CT molecular complexity index is 744. The summed E-state index contributed by atoms with van der Waals surface area (Å²) in [6.45, 7) is 7.37. The fourth-order valence-electron chi connectivity index (χ4n) is 2.72. The summed E-state index contributed by atoms with van der Waals surface area (Å²) in [7, 11) is 0. The molecule has 1 unspecified atom stereocenters. The summed E-state index contributed by atoms with van der Waals surface area (Å²) >= 11 is 1.49. The molecule has 1 fully saturated rings. The van der Waals surface area contributed by atoms with Crippen LogP contribution < -0.4 is 5.32 Å². The first-order valence-electron chi connectivity index (χ1n) is 8.68. The smallest absolute Gasteiger partial charge is 0.155 e. The summed E-state index contributed by atoms with van der Waals surface area (Å²) in [5.74, 6) is 0.921. The van der Waals surface area contributed by atoms with Gasteiger partial charge in [0.15, 0.2) is 5.92 Å². The number of furan rings is 1. The van der Waals surface area contributed by atoms with Crippen LogP contribution in [0.1, 0.15) is 22.4 Å². The van der Waals surface area contributed by atoms with Gasteiger partial charge in [0.2, 0.25) is 0 Å². The van der Waals surface area contributed by atoms with Crippen molar-refractivity contribution < 1.29 is 9.15 Å². The fraction of sp³-hybridized carbons (Fsp3) is 0.500. The molecule has 1 aliphatic rings. The SMILES string of the molecule is Cc1csc(C(C#N)C(=NCc2ccco2)NCCN2CCOCC2)n1. The zero-order valence-electron chi connectivity index (χ0n) is 14.9. The Kier molecular flexibility index (Phi) is 6.77. The van der Waals surface area contributed by atoms with Crippen LogP contribution in [0.5, 0.6) is 0 Å². The van der Waals surface area contributed by atoms with E-state index in [1.165, 1.54) is 11.3 Å². The van der Waals surface area contributed by atoms with Crippen LogP contribution in [0.15, 0.2) is 33.2 Å². The highest BCUT2D eigenvalue weighted by molar-refractivity contribution is 7.09. The monoisotopic (exact) mass is 373 g/mol. The highest BCUT2D eigenvalue weighted by Crippen LogP contribution is 2.21. The lowest BCUT2D eigenvalue weighted by molar-refractivity contribution is 0.0389. The number of thiazole rings is 1. The summed E-state index contributed by atoms with van der Waals surface area (Å²) in [4.78, 5) is 11.4. The van der Waals surface area contributed by atoms with E-state index in [1.54, 1.807) is 6.26 Å². The summed E-state index contributed by atoms with van der Waals surface area (Å²) in [5, 5.41) is 15.8. The maximum Gasteiger partial charge on any atom is 0.155 e. The number of morpholine rings is 1. The van der Waals surface area contributed by atoms with Crippen LogP contribution in [0.2, 0.25) is 0 Å². The van der Waals surface area contributed by atoms with Crippen molar-refractivity contribution in [1.29, 1.82) is 5.26 Å². The Morgan fingerprint density at radius 3 is 3.00 bits per heavy atom. The molecule has 7 nitrogen and oxygen atoms in total. The van der Waals surface area contributed by atoms with Crippen LogP contribution in [0, 0.1) is 18.3 Å². The van der Waals surface area contributed by atoms with Gasteiger partial charge in [-0.2, -0.15) is 5.26 Å². The van der Waals surface area contributed by atoms with E-state index >= 15 is 0 Å². The van der Waals surface area contributed by atoms with Crippen LogP contribution in [-0.2, 0) is 11.3 Å². The van der Waals surface area contributed by atoms with Crippen LogP contribution in [-0.4, -0.2) is 55.1 Å². The Morgan fingerprint density at radius 1 is 1.50 bits per heavy atom. The van der Waals surface area contributed by atoms with E-state index in [4.69, 9.17) is 9.15 Å². The molecule has 1 N–H and O–H groups in total. The van der Waals surface area contributed by atoms with Crippen molar-refractivity contribution in [2.45, 2.75) is 19.4 Å². The van der Waals surface area contributed by atoms with E-state index in [2.05, 4.69) is 26.3 Å². The zero-order chi connectivity index (χ0) is 18.2. The molecule has 0 aliphatic carbocycles. The van der Waals surface area contributed by atoms with Crippen molar-refractivity contribution >= 4 is 17.2 Å². The fourth-order valence-corrected chi connectivity index (χ4v) is 3.56. The molecule has 1 saturated heterocycles. The highest BCUT2D eigenvalue weighted by Gasteiger charge is 2.21. The average molecular weight is 373 g/mol. The van der Waals surface area contributed by atoms with Gasteiger partial charge in [-0.1, -0.05) is 0 Å². The Balaban J connectivity index is 1.67. The molecule has 0 aromatic carbocycles. The lowest BCUT2D eigenvalue weighted by Gasteiger charge is -2.27. The van der Waals surface area contributed by atoms with Gasteiger partial charge in [-0.15, -0.1) is 11.3 Å². The van der Waals surface area contributed by atoms with Gasteiger partial charge in [0.05, 0.1) is 32.1 Å². The number of aliphatic imine (C=N–C) groups is 1. The number of rotatable bonds is 7. The number of ether oxygens (including phenoxy) is 1. The van der Waals surface area contributed by atoms with E-state index in [1.807, 2.05) is 24.4 Å². The van der Waals surface area contributed by atoms with E-state index in [9.17, 15) is 5.26 Å². The van der Waals surface area contributed by atoms with E-state index in [0.717, 1.165) is 55.9 Å². The summed E-state index contributed by atoms with van der Waals surface area (Å²) in [6, 6.07) is 6.06. The standard InChI is InChI=1S/C18H23N5O2S/c1-14-13-26-18(22-14)16(11-19)17(21-12-15-3-2-8-25-15)20-4-5-23-6-9-24-10-7-23/h2-3,8,13,16H,4-7,9-10,12H2,1H3,(H,20,21). The zero-order valence-corrected chi connectivity index (χ0v) is 15.7. The first kappa shape index (κ1) is 18.6. The summed E-state index contributed by atoms with van der Waals surface area (Å²) < 4.78 is 10.7. The normalized spacial score (nSPS) is 17.0. The molecule has 3 rings (SSSR count). The number of nitriles is 1.